The first-order chi connectivity index (χ1) is 48.1. The van der Waals surface area contributed by atoms with Crippen molar-refractivity contribution in [3.05, 3.63) is 0 Å². The van der Waals surface area contributed by atoms with Gasteiger partial charge < -0.3 is 33.8 Å². The molecule has 0 saturated heterocycles. The topological polar surface area (TPSA) is 237 Å². The largest absolute Gasteiger partial charge is 0.472 e. The standard InChI is InChI=1S/C81H158O17P2/c1-9-74(8)60-52-44-36-30-32-40-48-56-64-81(86)98-77(68-92-79(84)62-54-46-38-31-29-35-43-51-59-73(6)7)70-96-100(89,90)94-66-75(82)65-93-99(87,88)95-69-76(97-80(85)63-55-47-39-28-24-20-16-18-22-26-34-42-50-58-72(4)5)67-91-78(83)61-53-45-37-27-23-19-15-13-11-10-12-14-17-21-25-33-41-49-57-71(2)3/h71-77,82H,9-70H2,1-8H3,(H,87,88)(H,89,90)/t74?,75?,76-,77-/m1/s1. The van der Waals surface area contributed by atoms with Crippen molar-refractivity contribution < 1.29 is 80.2 Å². The van der Waals surface area contributed by atoms with E-state index in [4.69, 9.17) is 37.0 Å². The SMILES string of the molecule is CCC(C)CCCCCCCCCCC(=O)O[C@H](COC(=O)CCCCCCCCCCC(C)C)COP(=O)(O)OCC(O)COP(=O)(O)OC[C@@H](COC(=O)CCCCCCCCCCCCCCCCCCCCC(C)C)OC(=O)CCCCCCCCCCCCCCCC(C)C. The van der Waals surface area contributed by atoms with Crippen molar-refractivity contribution >= 4 is 39.5 Å². The summed E-state index contributed by atoms with van der Waals surface area (Å²) in [6.07, 6.45) is 57.0. The maximum absolute atomic E-state index is 13.1. The number of hydrogen-bond donors (Lipinski definition) is 3. The molecule has 0 aromatic heterocycles. The van der Waals surface area contributed by atoms with Crippen molar-refractivity contribution in [1.82, 2.24) is 0 Å². The Bertz CT molecular complexity index is 1960. The van der Waals surface area contributed by atoms with Gasteiger partial charge in [0.15, 0.2) is 12.2 Å². The van der Waals surface area contributed by atoms with Gasteiger partial charge >= 0.3 is 39.5 Å². The number of carbonyl (C=O) groups excluding carboxylic acids is 4. The van der Waals surface area contributed by atoms with E-state index in [9.17, 15) is 43.2 Å². The van der Waals surface area contributed by atoms with Crippen LogP contribution in [0.15, 0.2) is 0 Å². The van der Waals surface area contributed by atoms with Crippen LogP contribution in [0.3, 0.4) is 0 Å². The number of unbranched alkanes of at least 4 members (excludes halogenated alkanes) is 43. The smallest absolute Gasteiger partial charge is 0.462 e. The predicted molar refractivity (Wildman–Crippen MR) is 409 cm³/mol. The average Bonchev–Trinajstić information content (AvgIpc) is 0.928. The first-order valence-corrected chi connectivity index (χ1v) is 44.7. The zero-order valence-corrected chi connectivity index (χ0v) is 67.6. The molecular weight excluding hydrogens is 1310 g/mol. The molecule has 0 radical (unpaired) electrons. The number of hydrogen-bond acceptors (Lipinski definition) is 15. The molecule has 0 rings (SSSR count). The van der Waals surface area contributed by atoms with Gasteiger partial charge in [-0.15, -0.1) is 0 Å². The summed E-state index contributed by atoms with van der Waals surface area (Å²) in [6, 6.07) is 0. The Labute approximate surface area is 613 Å². The third kappa shape index (κ3) is 73.0. The lowest BCUT2D eigenvalue weighted by atomic mass is 9.99. The van der Waals surface area contributed by atoms with Gasteiger partial charge in [-0.05, 0) is 49.4 Å². The second-order valence-electron chi connectivity index (χ2n) is 30.8. The van der Waals surface area contributed by atoms with E-state index in [0.29, 0.717) is 25.7 Å². The van der Waals surface area contributed by atoms with Gasteiger partial charge in [0, 0.05) is 25.7 Å². The lowest BCUT2D eigenvalue weighted by molar-refractivity contribution is -0.161. The Kier molecular flexibility index (Phi) is 68.7. The van der Waals surface area contributed by atoms with E-state index in [1.165, 1.54) is 218 Å². The quantitative estimate of drug-likeness (QED) is 0.0222. The molecule has 17 nitrogen and oxygen atoms in total. The molecule has 19 heteroatoms. The van der Waals surface area contributed by atoms with Crippen LogP contribution in [0.5, 0.6) is 0 Å². The molecule has 0 spiro atoms. The fraction of sp³-hybridized carbons (Fsp3) is 0.951. The van der Waals surface area contributed by atoms with Gasteiger partial charge in [0.05, 0.1) is 26.4 Å². The van der Waals surface area contributed by atoms with Gasteiger partial charge in [0.1, 0.15) is 19.3 Å². The Morgan fingerprint density at radius 1 is 0.280 bits per heavy atom. The predicted octanol–water partition coefficient (Wildman–Crippen LogP) is 24.0. The van der Waals surface area contributed by atoms with Crippen molar-refractivity contribution in [3.8, 4) is 0 Å². The van der Waals surface area contributed by atoms with E-state index in [-0.39, 0.29) is 25.7 Å². The minimum atomic E-state index is -4.96. The molecule has 0 aromatic carbocycles. The van der Waals surface area contributed by atoms with Crippen LogP contribution in [0, 0.1) is 23.7 Å². The number of phosphoric ester groups is 2. The van der Waals surface area contributed by atoms with E-state index in [0.717, 1.165) is 114 Å². The summed E-state index contributed by atoms with van der Waals surface area (Å²) < 4.78 is 68.7. The highest BCUT2D eigenvalue weighted by molar-refractivity contribution is 7.47. The molecule has 0 amide bonds. The van der Waals surface area contributed by atoms with Crippen LogP contribution >= 0.6 is 15.6 Å². The molecular formula is C81H158O17P2. The maximum atomic E-state index is 13.1. The van der Waals surface area contributed by atoms with Crippen LogP contribution in [0.2, 0.25) is 0 Å². The van der Waals surface area contributed by atoms with Gasteiger partial charge in [-0.3, -0.25) is 37.3 Å². The summed E-state index contributed by atoms with van der Waals surface area (Å²) in [4.78, 5) is 73.0. The lowest BCUT2D eigenvalue weighted by Gasteiger charge is -2.21. The number of aliphatic hydroxyl groups is 1. The molecule has 0 saturated carbocycles. The molecule has 0 aliphatic carbocycles. The van der Waals surface area contributed by atoms with Crippen LogP contribution in [0.1, 0.15) is 415 Å². The maximum Gasteiger partial charge on any atom is 0.472 e. The number of ether oxygens (including phenoxy) is 4. The fourth-order valence-electron chi connectivity index (χ4n) is 12.4. The Morgan fingerprint density at radius 3 is 0.710 bits per heavy atom. The van der Waals surface area contributed by atoms with Crippen molar-refractivity contribution in [1.29, 1.82) is 0 Å². The minimum Gasteiger partial charge on any atom is -0.462 e. The first-order valence-electron chi connectivity index (χ1n) is 41.7. The zero-order chi connectivity index (χ0) is 73.8. The molecule has 0 bridgehead atoms. The van der Waals surface area contributed by atoms with Crippen LogP contribution in [0.4, 0.5) is 0 Å². The molecule has 0 fully saturated rings. The molecule has 0 heterocycles. The van der Waals surface area contributed by atoms with Gasteiger partial charge in [0.25, 0.3) is 0 Å². The van der Waals surface area contributed by atoms with Gasteiger partial charge in [-0.2, -0.15) is 0 Å². The summed E-state index contributed by atoms with van der Waals surface area (Å²) in [5.41, 5.74) is 0. The van der Waals surface area contributed by atoms with Gasteiger partial charge in [-0.25, -0.2) is 9.13 Å². The summed E-state index contributed by atoms with van der Waals surface area (Å²) in [5, 5.41) is 10.6. The van der Waals surface area contributed by atoms with Crippen LogP contribution in [0.25, 0.3) is 0 Å². The van der Waals surface area contributed by atoms with E-state index in [1.54, 1.807) is 0 Å². The van der Waals surface area contributed by atoms with Gasteiger partial charge in [0.2, 0.25) is 0 Å². The first kappa shape index (κ1) is 98.1. The van der Waals surface area contributed by atoms with E-state index in [1.807, 2.05) is 0 Å². The molecule has 594 valence electrons. The lowest BCUT2D eigenvalue weighted by Crippen LogP contribution is -2.30. The number of phosphoric acid groups is 2. The molecule has 0 aliphatic rings. The highest BCUT2D eigenvalue weighted by Gasteiger charge is 2.30. The summed E-state index contributed by atoms with van der Waals surface area (Å²) in [5.74, 6) is 0.989. The molecule has 0 aliphatic heterocycles. The Morgan fingerprint density at radius 2 is 0.480 bits per heavy atom. The fourth-order valence-corrected chi connectivity index (χ4v) is 14.0. The second kappa shape index (κ2) is 70.1. The average molecular weight is 1470 g/mol. The second-order valence-corrected chi connectivity index (χ2v) is 33.7. The summed E-state index contributed by atoms with van der Waals surface area (Å²) >= 11 is 0. The minimum absolute atomic E-state index is 0.104. The third-order valence-electron chi connectivity index (χ3n) is 19.2. The number of aliphatic hydroxyl groups excluding tert-OH is 1. The van der Waals surface area contributed by atoms with Crippen molar-refractivity contribution in [3.63, 3.8) is 0 Å². The van der Waals surface area contributed by atoms with E-state index >= 15 is 0 Å². The Hall–Kier alpha value is -1.94. The van der Waals surface area contributed by atoms with Gasteiger partial charge in [-0.1, -0.05) is 364 Å². The highest BCUT2D eigenvalue weighted by Crippen LogP contribution is 2.45. The van der Waals surface area contributed by atoms with Crippen LogP contribution in [-0.4, -0.2) is 96.7 Å². The van der Waals surface area contributed by atoms with Crippen molar-refractivity contribution in [2.45, 2.75) is 433 Å². The Balaban J connectivity index is 5.22. The molecule has 6 atom stereocenters. The number of esters is 4. The summed E-state index contributed by atoms with van der Waals surface area (Å²) in [6.45, 7) is 14.3. The number of rotatable bonds is 78. The highest BCUT2D eigenvalue weighted by atomic mass is 31.2. The van der Waals surface area contributed by atoms with Crippen molar-refractivity contribution in [2.24, 2.45) is 23.7 Å². The molecule has 4 unspecified atom stereocenters. The normalized spacial score (nSPS) is 14.3. The molecule has 100 heavy (non-hydrogen) atoms. The monoisotopic (exact) mass is 1470 g/mol. The van der Waals surface area contributed by atoms with E-state index in [2.05, 4.69) is 55.4 Å². The number of carbonyl (C=O) groups is 4. The summed E-state index contributed by atoms with van der Waals surface area (Å²) in [7, 11) is -9.92. The van der Waals surface area contributed by atoms with Crippen LogP contribution < -0.4 is 0 Å². The molecule has 3 N–H and O–H groups in total. The van der Waals surface area contributed by atoms with E-state index < -0.39 is 97.5 Å². The molecule has 0 aromatic rings. The van der Waals surface area contributed by atoms with Crippen LogP contribution in [-0.2, 0) is 65.4 Å². The zero-order valence-electron chi connectivity index (χ0n) is 65.8. The third-order valence-corrected chi connectivity index (χ3v) is 21.1. The van der Waals surface area contributed by atoms with Crippen molar-refractivity contribution in [2.75, 3.05) is 39.6 Å².